The van der Waals surface area contributed by atoms with Gasteiger partial charge < -0.3 is 4.84 Å². The Morgan fingerprint density at radius 2 is 1.76 bits per heavy atom. The van der Waals surface area contributed by atoms with Crippen LogP contribution < -0.4 is 4.72 Å². The van der Waals surface area contributed by atoms with E-state index in [1.165, 1.54) is 13.3 Å². The molecular formula is C15H16N2O3S. The summed E-state index contributed by atoms with van der Waals surface area (Å²) in [5.74, 6) is 0. The molecule has 0 bridgehead atoms. The zero-order valence-corrected chi connectivity index (χ0v) is 12.6. The summed E-state index contributed by atoms with van der Waals surface area (Å²) in [7, 11) is -2.20. The van der Waals surface area contributed by atoms with E-state index in [1.54, 1.807) is 48.5 Å². The molecule has 0 atom stereocenters. The predicted octanol–water partition coefficient (Wildman–Crippen LogP) is 2.78. The van der Waals surface area contributed by atoms with Crippen LogP contribution in [-0.4, -0.2) is 21.7 Å². The molecule has 2 rings (SSSR count). The summed E-state index contributed by atoms with van der Waals surface area (Å²) in [4.78, 5) is 4.84. The number of benzene rings is 2. The molecule has 5 nitrogen and oxygen atoms in total. The van der Waals surface area contributed by atoms with Crippen LogP contribution in [0, 0.1) is 6.92 Å². The van der Waals surface area contributed by atoms with Gasteiger partial charge in [-0.3, -0.25) is 4.72 Å². The topological polar surface area (TPSA) is 67.8 Å². The lowest BCUT2D eigenvalue weighted by molar-refractivity contribution is 0.215. The number of hydrogen-bond donors (Lipinski definition) is 1. The highest BCUT2D eigenvalue weighted by Gasteiger charge is 2.15. The molecule has 2 aromatic carbocycles. The maximum Gasteiger partial charge on any atom is 0.261 e. The monoisotopic (exact) mass is 304 g/mol. The van der Waals surface area contributed by atoms with Crippen molar-refractivity contribution in [3.63, 3.8) is 0 Å². The first-order valence-corrected chi connectivity index (χ1v) is 7.76. The average Bonchev–Trinajstić information content (AvgIpc) is 2.46. The van der Waals surface area contributed by atoms with Gasteiger partial charge in [0.15, 0.2) is 0 Å². The Labute approximate surface area is 124 Å². The number of sulfonamides is 1. The van der Waals surface area contributed by atoms with Crippen molar-refractivity contribution < 1.29 is 13.3 Å². The number of nitrogens with zero attached hydrogens (tertiary/aromatic N) is 1. The third-order valence-electron chi connectivity index (χ3n) is 2.83. The van der Waals surface area contributed by atoms with E-state index in [0.29, 0.717) is 11.3 Å². The first kappa shape index (κ1) is 15.1. The molecule has 1 N–H and O–H groups in total. The van der Waals surface area contributed by atoms with Crippen molar-refractivity contribution in [2.75, 3.05) is 11.8 Å². The van der Waals surface area contributed by atoms with E-state index in [-0.39, 0.29) is 4.90 Å². The minimum Gasteiger partial charge on any atom is -0.399 e. The molecule has 0 aliphatic heterocycles. The highest BCUT2D eigenvalue weighted by molar-refractivity contribution is 7.92. The summed E-state index contributed by atoms with van der Waals surface area (Å²) in [6.45, 7) is 1.90. The summed E-state index contributed by atoms with van der Waals surface area (Å²) in [6.07, 6.45) is 1.45. The molecule has 0 fully saturated rings. The Hall–Kier alpha value is -2.34. The molecule has 0 saturated heterocycles. The Morgan fingerprint density at radius 1 is 1.10 bits per heavy atom. The van der Waals surface area contributed by atoms with Gasteiger partial charge in [-0.25, -0.2) is 8.42 Å². The van der Waals surface area contributed by atoms with Crippen molar-refractivity contribution >= 4 is 21.9 Å². The first-order valence-electron chi connectivity index (χ1n) is 6.28. The molecule has 0 aliphatic carbocycles. The normalized spacial score (nSPS) is 11.5. The highest BCUT2D eigenvalue weighted by Crippen LogP contribution is 2.19. The van der Waals surface area contributed by atoms with Crippen molar-refractivity contribution in [1.82, 2.24) is 0 Å². The Bertz CT molecular complexity index is 738. The van der Waals surface area contributed by atoms with Gasteiger partial charge >= 0.3 is 0 Å². The zero-order chi connectivity index (χ0) is 15.3. The molecule has 0 aliphatic rings. The van der Waals surface area contributed by atoms with Gasteiger partial charge in [-0.2, -0.15) is 0 Å². The molecule has 0 unspecified atom stereocenters. The number of oxime groups is 1. The maximum atomic E-state index is 12.4. The summed E-state index contributed by atoms with van der Waals surface area (Å²) in [5.41, 5.74) is 2.07. The molecule has 0 spiro atoms. The Morgan fingerprint density at radius 3 is 2.43 bits per heavy atom. The molecule has 0 aromatic heterocycles. The molecule has 110 valence electrons. The molecular weight excluding hydrogens is 288 g/mol. The maximum absolute atomic E-state index is 12.4. The summed E-state index contributed by atoms with van der Waals surface area (Å²) >= 11 is 0. The average molecular weight is 304 g/mol. The zero-order valence-electron chi connectivity index (χ0n) is 11.8. The molecule has 0 amide bonds. The Kier molecular flexibility index (Phi) is 4.59. The van der Waals surface area contributed by atoms with Crippen LogP contribution in [0.25, 0.3) is 0 Å². The van der Waals surface area contributed by atoms with Crippen LogP contribution in [0.3, 0.4) is 0 Å². The van der Waals surface area contributed by atoms with Gasteiger partial charge in [0.1, 0.15) is 7.11 Å². The lowest BCUT2D eigenvalue weighted by atomic mass is 10.2. The van der Waals surface area contributed by atoms with Crippen LogP contribution in [0.4, 0.5) is 5.69 Å². The van der Waals surface area contributed by atoms with E-state index in [9.17, 15) is 8.42 Å². The summed E-state index contributed by atoms with van der Waals surface area (Å²) in [5, 5.41) is 3.66. The highest BCUT2D eigenvalue weighted by atomic mass is 32.2. The van der Waals surface area contributed by atoms with Crippen molar-refractivity contribution in [3.8, 4) is 0 Å². The minimum absolute atomic E-state index is 0.214. The van der Waals surface area contributed by atoms with Crippen molar-refractivity contribution in [3.05, 3.63) is 59.7 Å². The molecule has 2 aromatic rings. The fraction of sp³-hybridized carbons (Fsp3) is 0.133. The largest absolute Gasteiger partial charge is 0.399 e. The van der Waals surface area contributed by atoms with Crippen LogP contribution in [-0.2, 0) is 14.9 Å². The second-order valence-corrected chi connectivity index (χ2v) is 6.11. The van der Waals surface area contributed by atoms with E-state index in [0.717, 1.165) is 5.56 Å². The van der Waals surface area contributed by atoms with E-state index in [4.69, 9.17) is 0 Å². The molecule has 0 saturated carbocycles. The van der Waals surface area contributed by atoms with Gasteiger partial charge in [-0.15, -0.1) is 0 Å². The summed E-state index contributed by atoms with van der Waals surface area (Å²) < 4.78 is 27.3. The molecule has 6 heteroatoms. The van der Waals surface area contributed by atoms with E-state index in [2.05, 4.69) is 14.7 Å². The number of para-hydroxylation sites is 1. The molecule has 0 radical (unpaired) electrons. The third-order valence-corrected chi connectivity index (χ3v) is 4.22. The van der Waals surface area contributed by atoms with Crippen LogP contribution in [0.2, 0.25) is 0 Å². The lowest BCUT2D eigenvalue weighted by Gasteiger charge is -2.10. The van der Waals surface area contributed by atoms with Gasteiger partial charge in [0.2, 0.25) is 0 Å². The Balaban J connectivity index is 2.33. The second-order valence-electron chi connectivity index (χ2n) is 4.42. The van der Waals surface area contributed by atoms with Gasteiger partial charge in [0, 0.05) is 5.56 Å². The quantitative estimate of drug-likeness (QED) is 0.682. The number of rotatable bonds is 5. The predicted molar refractivity (Wildman–Crippen MR) is 83.0 cm³/mol. The first-order chi connectivity index (χ1) is 10.0. The smallest absolute Gasteiger partial charge is 0.261 e. The van der Waals surface area contributed by atoms with Crippen LogP contribution in [0.5, 0.6) is 0 Å². The number of aryl methyl sites for hydroxylation is 1. The van der Waals surface area contributed by atoms with Crippen molar-refractivity contribution in [2.45, 2.75) is 11.8 Å². The van der Waals surface area contributed by atoms with Crippen LogP contribution in [0.1, 0.15) is 11.1 Å². The third kappa shape index (κ3) is 3.82. The molecule has 21 heavy (non-hydrogen) atoms. The number of anilines is 1. The van der Waals surface area contributed by atoms with Gasteiger partial charge in [-0.1, -0.05) is 41.1 Å². The lowest BCUT2D eigenvalue weighted by Crippen LogP contribution is -2.14. The van der Waals surface area contributed by atoms with Crippen molar-refractivity contribution in [2.24, 2.45) is 5.16 Å². The van der Waals surface area contributed by atoms with Crippen molar-refractivity contribution in [1.29, 1.82) is 0 Å². The van der Waals surface area contributed by atoms with E-state index < -0.39 is 10.0 Å². The molecule has 0 heterocycles. The van der Waals surface area contributed by atoms with Crippen LogP contribution in [0.15, 0.2) is 58.6 Å². The second kappa shape index (κ2) is 6.41. The fourth-order valence-corrected chi connectivity index (χ4v) is 2.82. The van der Waals surface area contributed by atoms with E-state index in [1.807, 2.05) is 6.92 Å². The van der Waals surface area contributed by atoms with E-state index >= 15 is 0 Å². The van der Waals surface area contributed by atoms with Gasteiger partial charge in [0.05, 0.1) is 16.8 Å². The standard InChI is InChI=1S/C15H16N2O3S/c1-12-7-9-14(10-8-12)21(18,19)17-15-6-4-3-5-13(15)11-16-20-2/h3-11,17H,1-2H3. The van der Waals surface area contributed by atoms with Gasteiger partial charge in [0.25, 0.3) is 10.0 Å². The van der Waals surface area contributed by atoms with Crippen LogP contribution >= 0.6 is 0 Å². The number of nitrogens with one attached hydrogen (secondary N) is 1. The number of hydrogen-bond acceptors (Lipinski definition) is 4. The summed E-state index contributed by atoms with van der Waals surface area (Å²) in [6, 6.07) is 13.6. The van der Waals surface area contributed by atoms with Gasteiger partial charge in [-0.05, 0) is 25.1 Å². The fourth-order valence-electron chi connectivity index (χ4n) is 1.73. The SMILES string of the molecule is CON=Cc1ccccc1NS(=O)(=O)c1ccc(C)cc1. The minimum atomic E-state index is -3.63.